The lowest BCUT2D eigenvalue weighted by molar-refractivity contribution is -0.117. The number of amides is 1. The molecule has 2 aromatic rings. The van der Waals surface area contributed by atoms with Gasteiger partial charge in [0.15, 0.2) is 0 Å². The monoisotopic (exact) mass is 350 g/mol. The number of benzene rings is 2. The highest BCUT2D eigenvalue weighted by molar-refractivity contribution is 6.30. The van der Waals surface area contributed by atoms with Crippen LogP contribution in [0.2, 0.25) is 5.02 Å². The zero-order chi connectivity index (χ0) is 17.5. The molecule has 4 nitrogen and oxygen atoms in total. The molecule has 128 valence electrons. The predicted molar refractivity (Wildman–Crippen MR) is 94.0 cm³/mol. The van der Waals surface area contributed by atoms with Crippen molar-refractivity contribution in [3.05, 3.63) is 58.9 Å². The molecule has 0 radical (unpaired) electrons. The van der Waals surface area contributed by atoms with E-state index in [-0.39, 0.29) is 23.2 Å². The van der Waals surface area contributed by atoms with Gasteiger partial charge in [-0.15, -0.1) is 0 Å². The van der Waals surface area contributed by atoms with Gasteiger partial charge < -0.3 is 10.1 Å². The maximum atomic E-state index is 13.7. The number of hydrogen-bond donors (Lipinski definition) is 1. The van der Waals surface area contributed by atoms with E-state index in [1.807, 2.05) is 43.1 Å². The third-order valence-electron chi connectivity index (χ3n) is 3.31. The first-order chi connectivity index (χ1) is 11.5. The van der Waals surface area contributed by atoms with Crippen LogP contribution in [0.4, 0.5) is 10.1 Å². The zero-order valence-corrected chi connectivity index (χ0v) is 14.4. The summed E-state index contributed by atoms with van der Waals surface area (Å²) in [6.45, 7) is 3.31. The van der Waals surface area contributed by atoms with Crippen molar-refractivity contribution in [2.24, 2.45) is 0 Å². The average molecular weight is 351 g/mol. The standard InChI is InChI=1S/C18H20ClFN2O2/c1-3-24-15-7-4-13(5-8-15)11-22(2)12-18(23)21-17-9-6-14(19)10-16(17)20/h4-10H,3,11-12H2,1-2H3,(H,21,23). The van der Waals surface area contributed by atoms with Gasteiger partial charge in [0, 0.05) is 11.6 Å². The molecule has 24 heavy (non-hydrogen) atoms. The van der Waals surface area contributed by atoms with Gasteiger partial charge in [0.2, 0.25) is 5.91 Å². The topological polar surface area (TPSA) is 41.6 Å². The van der Waals surface area contributed by atoms with Gasteiger partial charge in [0.05, 0.1) is 18.8 Å². The van der Waals surface area contributed by atoms with Crippen molar-refractivity contribution in [3.63, 3.8) is 0 Å². The Morgan fingerprint density at radius 3 is 2.58 bits per heavy atom. The minimum atomic E-state index is -0.551. The van der Waals surface area contributed by atoms with Crippen LogP contribution in [0.3, 0.4) is 0 Å². The molecule has 0 saturated heterocycles. The Morgan fingerprint density at radius 1 is 1.25 bits per heavy atom. The molecule has 0 aliphatic carbocycles. The minimum Gasteiger partial charge on any atom is -0.494 e. The van der Waals surface area contributed by atoms with Crippen LogP contribution in [0, 0.1) is 5.82 Å². The number of hydrogen-bond acceptors (Lipinski definition) is 3. The van der Waals surface area contributed by atoms with Crippen LogP contribution in [0.1, 0.15) is 12.5 Å². The normalized spacial score (nSPS) is 10.7. The fraction of sp³-hybridized carbons (Fsp3) is 0.278. The van der Waals surface area contributed by atoms with Gasteiger partial charge in [0.25, 0.3) is 0 Å². The molecule has 0 bridgehead atoms. The summed E-state index contributed by atoms with van der Waals surface area (Å²) in [6.07, 6.45) is 0. The predicted octanol–water partition coefficient (Wildman–Crippen LogP) is 3.95. The van der Waals surface area contributed by atoms with Crippen LogP contribution in [0.15, 0.2) is 42.5 Å². The van der Waals surface area contributed by atoms with E-state index < -0.39 is 5.82 Å². The van der Waals surface area contributed by atoms with E-state index in [1.54, 1.807) is 0 Å². The maximum Gasteiger partial charge on any atom is 0.238 e. The number of likely N-dealkylation sites (N-methyl/N-ethyl adjacent to an activating group) is 1. The summed E-state index contributed by atoms with van der Waals surface area (Å²) in [7, 11) is 1.83. The summed E-state index contributed by atoms with van der Waals surface area (Å²) in [5, 5.41) is 2.84. The number of carbonyl (C=O) groups excluding carboxylic acids is 1. The maximum absolute atomic E-state index is 13.7. The molecule has 0 heterocycles. The number of carbonyl (C=O) groups is 1. The Kier molecular flexibility index (Phi) is 6.58. The van der Waals surface area contributed by atoms with Crippen LogP contribution in [0.5, 0.6) is 5.75 Å². The Bertz CT molecular complexity index is 692. The fourth-order valence-corrected chi connectivity index (χ4v) is 2.41. The number of nitrogens with one attached hydrogen (secondary N) is 1. The molecule has 1 N–H and O–H groups in total. The van der Waals surface area contributed by atoms with Crippen molar-refractivity contribution in [2.45, 2.75) is 13.5 Å². The van der Waals surface area contributed by atoms with Crippen molar-refractivity contribution in [3.8, 4) is 5.75 Å². The van der Waals surface area contributed by atoms with Gasteiger partial charge in [-0.05, 0) is 49.9 Å². The molecule has 6 heteroatoms. The van der Waals surface area contributed by atoms with Gasteiger partial charge in [-0.25, -0.2) is 4.39 Å². The lowest BCUT2D eigenvalue weighted by Gasteiger charge is -2.17. The molecule has 0 atom stereocenters. The van der Waals surface area contributed by atoms with Crippen molar-refractivity contribution in [1.29, 1.82) is 0 Å². The summed E-state index contributed by atoms with van der Waals surface area (Å²) in [5.41, 5.74) is 1.19. The lowest BCUT2D eigenvalue weighted by Crippen LogP contribution is -2.30. The second-order valence-electron chi connectivity index (χ2n) is 5.42. The van der Waals surface area contributed by atoms with Crippen LogP contribution >= 0.6 is 11.6 Å². The van der Waals surface area contributed by atoms with Gasteiger partial charge in [-0.2, -0.15) is 0 Å². The largest absolute Gasteiger partial charge is 0.494 e. The zero-order valence-electron chi connectivity index (χ0n) is 13.7. The second-order valence-corrected chi connectivity index (χ2v) is 5.86. The van der Waals surface area contributed by atoms with Crippen molar-refractivity contribution < 1.29 is 13.9 Å². The van der Waals surface area contributed by atoms with E-state index in [9.17, 15) is 9.18 Å². The van der Waals surface area contributed by atoms with Crippen molar-refractivity contribution >= 4 is 23.2 Å². The summed E-state index contributed by atoms with van der Waals surface area (Å²) in [4.78, 5) is 13.9. The lowest BCUT2D eigenvalue weighted by atomic mass is 10.2. The highest BCUT2D eigenvalue weighted by Crippen LogP contribution is 2.19. The van der Waals surface area contributed by atoms with Gasteiger partial charge in [-0.1, -0.05) is 23.7 Å². The minimum absolute atomic E-state index is 0.124. The van der Waals surface area contributed by atoms with E-state index >= 15 is 0 Å². The number of halogens is 2. The van der Waals surface area contributed by atoms with Gasteiger partial charge in [0.1, 0.15) is 11.6 Å². The molecule has 2 aromatic carbocycles. The molecular weight excluding hydrogens is 331 g/mol. The summed E-state index contributed by atoms with van der Waals surface area (Å²) < 4.78 is 19.1. The van der Waals surface area contributed by atoms with Crippen LogP contribution in [-0.4, -0.2) is 31.0 Å². The quantitative estimate of drug-likeness (QED) is 0.822. The summed E-state index contributed by atoms with van der Waals surface area (Å²) >= 11 is 5.69. The second kappa shape index (κ2) is 8.66. The molecule has 0 spiro atoms. The Hall–Kier alpha value is -2.11. The molecule has 0 aliphatic heterocycles. The third kappa shape index (κ3) is 5.51. The van der Waals surface area contributed by atoms with Crippen LogP contribution in [-0.2, 0) is 11.3 Å². The van der Waals surface area contributed by atoms with E-state index in [2.05, 4.69) is 5.32 Å². The molecule has 1 amide bonds. The number of anilines is 1. The Balaban J connectivity index is 1.86. The summed E-state index contributed by atoms with van der Waals surface area (Å²) in [6, 6.07) is 11.9. The van der Waals surface area contributed by atoms with Gasteiger partial charge in [-0.3, -0.25) is 9.69 Å². The third-order valence-corrected chi connectivity index (χ3v) is 3.54. The SMILES string of the molecule is CCOc1ccc(CN(C)CC(=O)Nc2ccc(Cl)cc2F)cc1. The number of nitrogens with zero attached hydrogens (tertiary/aromatic N) is 1. The first kappa shape index (κ1) is 18.2. The van der Waals surface area contributed by atoms with Crippen molar-refractivity contribution in [1.82, 2.24) is 4.90 Å². The molecular formula is C18H20ClFN2O2. The Morgan fingerprint density at radius 2 is 1.96 bits per heavy atom. The Labute approximate surface area is 146 Å². The first-order valence-electron chi connectivity index (χ1n) is 7.63. The fourth-order valence-electron chi connectivity index (χ4n) is 2.25. The molecule has 0 aromatic heterocycles. The molecule has 0 fully saturated rings. The highest BCUT2D eigenvalue weighted by Gasteiger charge is 2.10. The first-order valence-corrected chi connectivity index (χ1v) is 8.01. The number of ether oxygens (including phenoxy) is 1. The van der Waals surface area contributed by atoms with E-state index in [1.165, 1.54) is 18.2 Å². The van der Waals surface area contributed by atoms with E-state index in [0.717, 1.165) is 11.3 Å². The number of rotatable bonds is 7. The molecule has 0 saturated carbocycles. The molecule has 0 aliphatic rings. The highest BCUT2D eigenvalue weighted by atomic mass is 35.5. The van der Waals surface area contributed by atoms with Gasteiger partial charge >= 0.3 is 0 Å². The van der Waals surface area contributed by atoms with E-state index in [0.29, 0.717) is 13.2 Å². The van der Waals surface area contributed by atoms with Crippen molar-refractivity contribution in [2.75, 3.05) is 25.5 Å². The smallest absolute Gasteiger partial charge is 0.238 e. The van der Waals surface area contributed by atoms with Crippen LogP contribution in [0.25, 0.3) is 0 Å². The average Bonchev–Trinajstić information content (AvgIpc) is 2.52. The van der Waals surface area contributed by atoms with Crippen LogP contribution < -0.4 is 10.1 Å². The molecule has 0 unspecified atom stereocenters. The molecule has 2 rings (SSSR count). The van der Waals surface area contributed by atoms with E-state index in [4.69, 9.17) is 16.3 Å². The summed E-state index contributed by atoms with van der Waals surface area (Å²) in [5.74, 6) is -0.0189.